The summed E-state index contributed by atoms with van der Waals surface area (Å²) in [6, 6.07) is -1.07. The molecule has 0 fully saturated rings. The summed E-state index contributed by atoms with van der Waals surface area (Å²) in [6.45, 7) is 5.01. The molecule has 0 rings (SSSR count). The Balaban J connectivity index is 4.92. The van der Waals surface area contributed by atoms with E-state index in [9.17, 15) is 14.5 Å². The molecule has 0 saturated carbocycles. The van der Waals surface area contributed by atoms with Crippen molar-refractivity contribution in [2.45, 2.75) is 26.8 Å². The van der Waals surface area contributed by atoms with E-state index in [4.69, 9.17) is 0 Å². The molecule has 0 aliphatic rings. The number of carbonyl (C=O) groups is 2. The lowest BCUT2D eigenvalue weighted by atomic mass is 10.0. The van der Waals surface area contributed by atoms with Gasteiger partial charge in [0.15, 0.2) is 6.04 Å². The largest absolute Gasteiger partial charge is 0.467 e. The van der Waals surface area contributed by atoms with Gasteiger partial charge in [-0.15, -0.1) is 9.92 Å². The van der Waals surface area contributed by atoms with Gasteiger partial charge in [-0.1, -0.05) is 13.8 Å². The van der Waals surface area contributed by atoms with Gasteiger partial charge < -0.3 is 9.47 Å². The molecule has 0 aromatic rings. The van der Waals surface area contributed by atoms with E-state index in [1.807, 2.05) is 0 Å². The third-order valence-electron chi connectivity index (χ3n) is 1.88. The van der Waals surface area contributed by atoms with Gasteiger partial charge in [-0.2, -0.15) is 0 Å². The van der Waals surface area contributed by atoms with Gasteiger partial charge in [-0.25, -0.2) is 9.59 Å². The number of nitroso groups, excluding NO2 is 1. The number of ether oxygens (including phenoxy) is 2. The second kappa shape index (κ2) is 6.76. The minimum Gasteiger partial charge on any atom is -0.467 e. The van der Waals surface area contributed by atoms with Crippen LogP contribution in [0.15, 0.2) is 5.29 Å². The fraction of sp³-hybridized carbons (Fsp3) is 0.778. The van der Waals surface area contributed by atoms with Crippen molar-refractivity contribution in [3.05, 3.63) is 4.91 Å². The molecule has 7 heteroatoms. The van der Waals surface area contributed by atoms with Crippen molar-refractivity contribution in [1.29, 1.82) is 0 Å². The van der Waals surface area contributed by atoms with Crippen molar-refractivity contribution in [1.82, 2.24) is 5.01 Å². The van der Waals surface area contributed by atoms with Crippen LogP contribution in [0.25, 0.3) is 0 Å². The Morgan fingerprint density at radius 3 is 2.25 bits per heavy atom. The Labute approximate surface area is 93.6 Å². The molecule has 0 aromatic heterocycles. The second-order valence-electron chi connectivity index (χ2n) is 3.34. The summed E-state index contributed by atoms with van der Waals surface area (Å²) >= 11 is 0. The molecule has 0 saturated heterocycles. The van der Waals surface area contributed by atoms with E-state index in [0.29, 0.717) is 5.01 Å². The SMILES string of the molecule is CCOC(=O)N(N=O)C(C(=O)OC)C(C)C. The lowest BCUT2D eigenvalue weighted by Gasteiger charge is -2.24. The van der Waals surface area contributed by atoms with Crippen molar-refractivity contribution in [3.63, 3.8) is 0 Å². The van der Waals surface area contributed by atoms with E-state index in [1.165, 1.54) is 7.11 Å². The first kappa shape index (κ1) is 14.3. The lowest BCUT2D eigenvalue weighted by Crippen LogP contribution is -2.45. The minimum absolute atomic E-state index is 0.0941. The quantitative estimate of drug-likeness (QED) is 0.405. The highest BCUT2D eigenvalue weighted by molar-refractivity contribution is 5.81. The smallest absolute Gasteiger partial charge is 0.433 e. The topological polar surface area (TPSA) is 85.3 Å². The highest BCUT2D eigenvalue weighted by atomic mass is 16.6. The molecule has 0 heterocycles. The molecular formula is C9H16N2O5. The summed E-state index contributed by atoms with van der Waals surface area (Å²) in [6.07, 6.45) is -0.957. The van der Waals surface area contributed by atoms with Gasteiger partial charge in [0.1, 0.15) is 0 Å². The Hall–Kier alpha value is -1.66. The molecule has 0 spiro atoms. The van der Waals surface area contributed by atoms with Crippen LogP contribution in [0.4, 0.5) is 4.79 Å². The molecule has 0 aromatic carbocycles. The maximum Gasteiger partial charge on any atom is 0.433 e. The summed E-state index contributed by atoms with van der Waals surface area (Å²) < 4.78 is 9.10. The Morgan fingerprint density at radius 1 is 1.38 bits per heavy atom. The van der Waals surface area contributed by atoms with Crippen LogP contribution in [0.1, 0.15) is 20.8 Å². The van der Waals surface area contributed by atoms with Gasteiger partial charge in [0, 0.05) is 0 Å². The lowest BCUT2D eigenvalue weighted by molar-refractivity contribution is -0.148. The molecule has 0 aliphatic heterocycles. The number of nitrogens with zero attached hydrogens (tertiary/aromatic N) is 2. The second-order valence-corrected chi connectivity index (χ2v) is 3.34. The fourth-order valence-corrected chi connectivity index (χ4v) is 1.16. The number of methoxy groups -OCH3 is 1. The molecule has 0 aliphatic carbocycles. The monoisotopic (exact) mass is 232 g/mol. The first-order valence-corrected chi connectivity index (χ1v) is 4.86. The van der Waals surface area contributed by atoms with Crippen molar-refractivity contribution >= 4 is 12.1 Å². The number of amides is 1. The van der Waals surface area contributed by atoms with Crippen LogP contribution in [0.2, 0.25) is 0 Å². The van der Waals surface area contributed by atoms with Gasteiger partial charge in [0.2, 0.25) is 0 Å². The van der Waals surface area contributed by atoms with Crippen LogP contribution in [-0.2, 0) is 14.3 Å². The molecule has 0 radical (unpaired) electrons. The molecular weight excluding hydrogens is 216 g/mol. The van der Waals surface area contributed by atoms with Gasteiger partial charge in [0.05, 0.1) is 19.0 Å². The first-order chi connectivity index (χ1) is 7.49. The molecule has 1 amide bonds. The summed E-state index contributed by atoms with van der Waals surface area (Å²) in [7, 11) is 1.17. The van der Waals surface area contributed by atoms with E-state index < -0.39 is 18.1 Å². The van der Waals surface area contributed by atoms with Gasteiger partial charge in [-0.3, -0.25) is 0 Å². The van der Waals surface area contributed by atoms with Crippen LogP contribution in [-0.4, -0.2) is 36.8 Å². The van der Waals surface area contributed by atoms with Crippen molar-refractivity contribution in [3.8, 4) is 0 Å². The third kappa shape index (κ3) is 3.48. The zero-order chi connectivity index (χ0) is 12.7. The Bertz CT molecular complexity index is 267. The van der Waals surface area contributed by atoms with Crippen molar-refractivity contribution < 1.29 is 19.1 Å². The van der Waals surface area contributed by atoms with E-state index in [2.05, 4.69) is 14.8 Å². The number of carbonyl (C=O) groups excluding carboxylic acids is 2. The number of esters is 1. The zero-order valence-electron chi connectivity index (χ0n) is 9.80. The van der Waals surface area contributed by atoms with Crippen LogP contribution in [0.3, 0.4) is 0 Å². The highest BCUT2D eigenvalue weighted by Crippen LogP contribution is 2.14. The van der Waals surface area contributed by atoms with E-state index in [-0.39, 0.29) is 12.5 Å². The first-order valence-electron chi connectivity index (χ1n) is 4.86. The average molecular weight is 232 g/mol. The van der Waals surface area contributed by atoms with Crippen LogP contribution in [0.5, 0.6) is 0 Å². The molecule has 16 heavy (non-hydrogen) atoms. The van der Waals surface area contributed by atoms with E-state index in [1.54, 1.807) is 20.8 Å². The van der Waals surface area contributed by atoms with Crippen molar-refractivity contribution in [2.75, 3.05) is 13.7 Å². The number of rotatable bonds is 5. The van der Waals surface area contributed by atoms with Crippen LogP contribution >= 0.6 is 0 Å². The Kier molecular flexibility index (Phi) is 6.06. The normalized spacial score (nSPS) is 11.8. The van der Waals surface area contributed by atoms with Gasteiger partial charge in [-0.05, 0) is 12.8 Å². The standard InChI is InChI=1S/C9H16N2O5/c1-5-16-9(13)11(10-14)7(6(2)3)8(12)15-4/h6-7H,5H2,1-4H3. The highest BCUT2D eigenvalue weighted by Gasteiger charge is 2.35. The fourth-order valence-electron chi connectivity index (χ4n) is 1.16. The summed E-state index contributed by atoms with van der Waals surface area (Å²) in [5.41, 5.74) is 0. The summed E-state index contributed by atoms with van der Waals surface area (Å²) in [4.78, 5) is 33.3. The summed E-state index contributed by atoms with van der Waals surface area (Å²) in [5, 5.41) is 2.96. The maximum absolute atomic E-state index is 11.4. The average Bonchev–Trinajstić information content (AvgIpc) is 2.24. The van der Waals surface area contributed by atoms with Crippen LogP contribution < -0.4 is 0 Å². The third-order valence-corrected chi connectivity index (χ3v) is 1.88. The molecule has 0 bridgehead atoms. The van der Waals surface area contributed by atoms with Gasteiger partial charge >= 0.3 is 12.1 Å². The maximum atomic E-state index is 11.4. The Morgan fingerprint density at radius 2 is 1.94 bits per heavy atom. The molecule has 1 atom stereocenters. The molecule has 7 nitrogen and oxygen atoms in total. The number of hydrogen-bond donors (Lipinski definition) is 0. The predicted octanol–water partition coefficient (Wildman–Crippen LogP) is 1.32. The van der Waals surface area contributed by atoms with E-state index >= 15 is 0 Å². The predicted molar refractivity (Wildman–Crippen MR) is 55.3 cm³/mol. The zero-order valence-corrected chi connectivity index (χ0v) is 9.80. The van der Waals surface area contributed by atoms with Crippen LogP contribution in [0, 0.1) is 10.8 Å². The summed E-state index contributed by atoms with van der Waals surface area (Å²) in [5.74, 6) is -1.02. The molecule has 1 unspecified atom stereocenters. The molecule has 0 N–H and O–H groups in total. The van der Waals surface area contributed by atoms with Gasteiger partial charge in [0.25, 0.3) is 0 Å². The molecule has 92 valence electrons. The van der Waals surface area contributed by atoms with E-state index in [0.717, 1.165) is 0 Å². The number of hydrogen-bond acceptors (Lipinski definition) is 6. The minimum atomic E-state index is -1.07. The van der Waals surface area contributed by atoms with Crippen molar-refractivity contribution in [2.24, 2.45) is 11.2 Å².